The Labute approximate surface area is 202 Å². The molecule has 0 aliphatic carbocycles. The molecule has 4 aromatic rings. The predicted octanol–water partition coefficient (Wildman–Crippen LogP) is 1.59. The molecule has 4 rings (SSSR count). The van der Waals surface area contributed by atoms with E-state index in [1.807, 2.05) is 37.3 Å². The van der Waals surface area contributed by atoms with Crippen molar-refractivity contribution < 1.29 is 9.53 Å². The maximum atomic E-state index is 12.8. The molecular weight excluding hydrogens is 472 g/mol. The van der Waals surface area contributed by atoms with Crippen molar-refractivity contribution in [2.75, 3.05) is 24.3 Å². The van der Waals surface area contributed by atoms with Crippen molar-refractivity contribution in [2.45, 2.75) is 26.9 Å². The number of aromatic amines is 2. The predicted molar refractivity (Wildman–Crippen MR) is 134 cm³/mol. The van der Waals surface area contributed by atoms with Gasteiger partial charge in [0.1, 0.15) is 27.0 Å². The minimum absolute atomic E-state index is 0.00724. The molecular formula is C23H24N6O5S. The molecule has 1 aromatic carbocycles. The van der Waals surface area contributed by atoms with E-state index in [0.29, 0.717) is 27.2 Å². The van der Waals surface area contributed by atoms with Crippen LogP contribution in [0.25, 0.3) is 10.2 Å². The van der Waals surface area contributed by atoms with Crippen LogP contribution in [0.5, 0.6) is 0 Å². The average Bonchev–Trinajstić information content (AvgIpc) is 3.17. The highest BCUT2D eigenvalue weighted by atomic mass is 32.1. The Morgan fingerprint density at radius 3 is 2.54 bits per heavy atom. The molecule has 35 heavy (non-hydrogen) atoms. The summed E-state index contributed by atoms with van der Waals surface area (Å²) >= 11 is 1.07. The summed E-state index contributed by atoms with van der Waals surface area (Å²) < 4.78 is 6.08. The number of nitrogens with two attached hydrogens (primary N) is 1. The fraction of sp³-hybridized carbons (Fsp3) is 0.261. The molecule has 0 saturated carbocycles. The summed E-state index contributed by atoms with van der Waals surface area (Å²) in [7, 11) is 1.27. The van der Waals surface area contributed by atoms with Gasteiger partial charge in [-0.3, -0.25) is 19.1 Å². The van der Waals surface area contributed by atoms with Crippen LogP contribution in [-0.2, 0) is 17.8 Å². The first kappa shape index (κ1) is 24.0. The van der Waals surface area contributed by atoms with Crippen molar-refractivity contribution in [1.82, 2.24) is 19.5 Å². The van der Waals surface area contributed by atoms with Gasteiger partial charge in [0.2, 0.25) is 0 Å². The van der Waals surface area contributed by atoms with Crippen LogP contribution in [0.2, 0.25) is 0 Å². The van der Waals surface area contributed by atoms with Gasteiger partial charge in [-0.25, -0.2) is 14.6 Å². The molecule has 0 fully saturated rings. The van der Waals surface area contributed by atoms with Gasteiger partial charge < -0.3 is 20.4 Å². The molecule has 4 N–H and O–H groups in total. The van der Waals surface area contributed by atoms with Crippen molar-refractivity contribution >= 4 is 39.0 Å². The summed E-state index contributed by atoms with van der Waals surface area (Å²) in [6, 6.07) is 9.25. The van der Waals surface area contributed by atoms with Gasteiger partial charge in [0.25, 0.3) is 11.1 Å². The lowest BCUT2D eigenvalue weighted by atomic mass is 10.2. The monoisotopic (exact) mass is 496 g/mol. The Morgan fingerprint density at radius 1 is 1.17 bits per heavy atom. The molecule has 0 aliphatic heterocycles. The Hall–Kier alpha value is -4.19. The smallest absolute Gasteiger partial charge is 0.348 e. The summed E-state index contributed by atoms with van der Waals surface area (Å²) in [5, 5.41) is 0.316. The quantitative estimate of drug-likeness (QED) is 0.326. The van der Waals surface area contributed by atoms with Crippen LogP contribution in [0.1, 0.15) is 33.5 Å². The van der Waals surface area contributed by atoms with Crippen LogP contribution >= 0.6 is 11.3 Å². The molecule has 0 unspecified atom stereocenters. The lowest BCUT2D eigenvalue weighted by molar-refractivity contribution is 0.0605. The van der Waals surface area contributed by atoms with Gasteiger partial charge in [0.15, 0.2) is 0 Å². The van der Waals surface area contributed by atoms with Gasteiger partial charge in [-0.05, 0) is 25.0 Å². The first-order valence-corrected chi connectivity index (χ1v) is 11.6. The molecule has 12 heteroatoms. The number of nitrogens with one attached hydrogen (secondary N) is 2. The first-order chi connectivity index (χ1) is 16.7. The third kappa shape index (κ3) is 4.47. The van der Waals surface area contributed by atoms with Gasteiger partial charge in [0.05, 0.1) is 25.6 Å². The highest BCUT2D eigenvalue weighted by molar-refractivity contribution is 7.20. The number of ether oxygens (including phenoxy) is 1. The molecule has 182 valence electrons. The van der Waals surface area contributed by atoms with Crippen molar-refractivity contribution in [2.24, 2.45) is 0 Å². The van der Waals surface area contributed by atoms with Crippen LogP contribution < -0.4 is 27.4 Å². The summed E-state index contributed by atoms with van der Waals surface area (Å²) in [6.07, 6.45) is 0. The van der Waals surface area contributed by atoms with E-state index in [1.54, 1.807) is 11.8 Å². The second kappa shape index (κ2) is 9.58. The van der Waals surface area contributed by atoms with Gasteiger partial charge >= 0.3 is 11.7 Å². The Balaban J connectivity index is 1.75. The number of carbonyl (C=O) groups excluding carboxylic acids is 1. The van der Waals surface area contributed by atoms with E-state index in [2.05, 4.69) is 15.0 Å². The largest absolute Gasteiger partial charge is 0.465 e. The maximum Gasteiger partial charge on any atom is 0.348 e. The number of rotatable bonds is 7. The van der Waals surface area contributed by atoms with E-state index in [1.165, 1.54) is 11.7 Å². The maximum absolute atomic E-state index is 12.8. The number of thiophene rings is 1. The molecule has 3 aromatic heterocycles. The number of esters is 1. The summed E-state index contributed by atoms with van der Waals surface area (Å²) in [5.41, 5.74) is 6.10. The molecule has 11 nitrogen and oxygen atoms in total. The summed E-state index contributed by atoms with van der Waals surface area (Å²) in [6.45, 7) is 4.04. The second-order valence-electron chi connectivity index (χ2n) is 7.82. The molecule has 0 spiro atoms. The van der Waals surface area contributed by atoms with Crippen LogP contribution in [-0.4, -0.2) is 39.1 Å². The Kier molecular flexibility index (Phi) is 6.56. The standard InChI is InChI=1S/C23H24N6O5S/c1-4-28(11-14-25-19(30)15-12(2)17(22(32)34-3)35-21(15)26-14)16-18(24)29(23(33)27-20(16)31)10-13-8-6-5-7-9-13/h5-9H,4,10-11,24H2,1-3H3,(H,25,26,30)(H,27,31,33). The highest BCUT2D eigenvalue weighted by Crippen LogP contribution is 2.28. The second-order valence-corrected chi connectivity index (χ2v) is 8.82. The van der Waals surface area contributed by atoms with Crippen molar-refractivity contribution in [3.05, 3.63) is 83.4 Å². The number of fused-ring (bicyclic) bond motifs is 1. The van der Waals surface area contributed by atoms with E-state index in [9.17, 15) is 19.2 Å². The van der Waals surface area contributed by atoms with E-state index in [-0.39, 0.29) is 30.4 Å². The number of aryl methyl sites for hydroxylation is 1. The minimum atomic E-state index is -0.637. The number of benzene rings is 1. The number of hydrogen-bond acceptors (Lipinski definition) is 9. The van der Waals surface area contributed by atoms with Crippen LogP contribution in [0, 0.1) is 6.92 Å². The van der Waals surface area contributed by atoms with Crippen molar-refractivity contribution in [3.63, 3.8) is 0 Å². The van der Waals surface area contributed by atoms with E-state index in [4.69, 9.17) is 10.5 Å². The summed E-state index contributed by atoms with van der Waals surface area (Å²) in [5.74, 6) is -0.254. The molecule has 0 amide bonds. The number of aromatic nitrogens is 4. The van der Waals surface area contributed by atoms with Gasteiger partial charge in [-0.1, -0.05) is 30.3 Å². The number of anilines is 2. The van der Waals surface area contributed by atoms with Crippen LogP contribution in [0.15, 0.2) is 44.7 Å². The number of H-pyrrole nitrogens is 2. The summed E-state index contributed by atoms with van der Waals surface area (Å²) in [4.78, 5) is 62.0. The van der Waals surface area contributed by atoms with Gasteiger partial charge in [-0.15, -0.1) is 11.3 Å². The average molecular weight is 497 g/mol. The molecule has 0 aliphatic rings. The number of carbonyl (C=O) groups is 1. The molecule has 3 heterocycles. The Bertz CT molecular complexity index is 1580. The zero-order chi connectivity index (χ0) is 25.3. The Morgan fingerprint density at radius 2 is 1.89 bits per heavy atom. The van der Waals surface area contributed by atoms with Gasteiger partial charge in [0, 0.05) is 6.54 Å². The molecule has 0 atom stereocenters. The van der Waals surface area contributed by atoms with Crippen LogP contribution in [0.4, 0.5) is 11.5 Å². The molecule has 0 saturated heterocycles. The third-order valence-corrected chi connectivity index (χ3v) is 6.82. The molecule has 0 radical (unpaired) electrons. The highest BCUT2D eigenvalue weighted by Gasteiger charge is 2.22. The normalized spacial score (nSPS) is 11.1. The number of hydrogen-bond donors (Lipinski definition) is 3. The van der Waals surface area contributed by atoms with Crippen LogP contribution in [0.3, 0.4) is 0 Å². The van der Waals surface area contributed by atoms with E-state index >= 15 is 0 Å². The number of methoxy groups -OCH3 is 1. The SMILES string of the molecule is CCN(Cc1nc2sc(C(=O)OC)c(C)c2c(=O)[nH]1)c1c(N)n(Cc2ccccc2)c(=O)[nH]c1=O. The fourth-order valence-electron chi connectivity index (χ4n) is 3.89. The minimum Gasteiger partial charge on any atom is -0.465 e. The third-order valence-electron chi connectivity index (χ3n) is 5.66. The van der Waals surface area contributed by atoms with Gasteiger partial charge in [-0.2, -0.15) is 0 Å². The topological polar surface area (TPSA) is 156 Å². The van der Waals surface area contributed by atoms with E-state index in [0.717, 1.165) is 16.9 Å². The lowest BCUT2D eigenvalue weighted by Gasteiger charge is -2.24. The number of nitrogens with zero attached hydrogens (tertiary/aromatic N) is 3. The van der Waals surface area contributed by atoms with Crippen molar-refractivity contribution in [3.8, 4) is 0 Å². The molecule has 0 bridgehead atoms. The lowest BCUT2D eigenvalue weighted by Crippen LogP contribution is -2.38. The van der Waals surface area contributed by atoms with Crippen molar-refractivity contribution in [1.29, 1.82) is 0 Å². The zero-order valence-electron chi connectivity index (χ0n) is 19.4. The first-order valence-electron chi connectivity index (χ1n) is 10.8. The fourth-order valence-corrected chi connectivity index (χ4v) is 5.01. The number of nitrogen functional groups attached to an aromatic ring is 1. The van der Waals surface area contributed by atoms with E-state index < -0.39 is 22.8 Å². The zero-order valence-corrected chi connectivity index (χ0v) is 20.2.